The van der Waals surface area contributed by atoms with Crippen LogP contribution in [0.25, 0.3) is 0 Å². The number of phenolic OH excluding ortho intramolecular Hbond substituents is 1. The highest BCUT2D eigenvalue weighted by Gasteiger charge is 2.08. The summed E-state index contributed by atoms with van der Waals surface area (Å²) in [6.45, 7) is 1.51. The fourth-order valence-electron chi connectivity index (χ4n) is 1.33. The van der Waals surface area contributed by atoms with Crippen molar-refractivity contribution in [2.45, 2.75) is 13.3 Å². The van der Waals surface area contributed by atoms with E-state index >= 15 is 0 Å². The Morgan fingerprint density at radius 2 is 2.26 bits per heavy atom. The monoisotopic (exact) mass is 275 g/mol. The SMILES string of the molecule is COc1cc(C#N)cc(C#CCCSC(C)=O)c1O. The maximum Gasteiger partial charge on any atom is 0.185 e. The van der Waals surface area contributed by atoms with Gasteiger partial charge in [-0.05, 0) is 6.07 Å². The zero-order valence-electron chi connectivity index (χ0n) is 10.7. The Morgan fingerprint density at radius 1 is 1.53 bits per heavy atom. The first-order valence-electron chi connectivity index (χ1n) is 5.51. The van der Waals surface area contributed by atoms with E-state index in [0.717, 1.165) is 0 Å². The zero-order valence-corrected chi connectivity index (χ0v) is 11.5. The first-order valence-corrected chi connectivity index (χ1v) is 6.50. The van der Waals surface area contributed by atoms with E-state index in [2.05, 4.69) is 11.8 Å². The van der Waals surface area contributed by atoms with Crippen molar-refractivity contribution < 1.29 is 14.6 Å². The molecule has 0 aliphatic carbocycles. The molecule has 0 aliphatic heterocycles. The average Bonchev–Trinajstić information content (AvgIpc) is 2.39. The van der Waals surface area contributed by atoms with E-state index in [4.69, 9.17) is 10.00 Å². The van der Waals surface area contributed by atoms with Gasteiger partial charge >= 0.3 is 0 Å². The average molecular weight is 275 g/mol. The molecule has 0 amide bonds. The number of nitriles is 1. The van der Waals surface area contributed by atoms with Crippen LogP contribution in [0.5, 0.6) is 11.5 Å². The first-order chi connectivity index (χ1) is 9.08. The number of hydrogen-bond donors (Lipinski definition) is 1. The largest absolute Gasteiger partial charge is 0.503 e. The number of benzene rings is 1. The molecular formula is C14H13NO3S. The molecule has 0 fully saturated rings. The van der Waals surface area contributed by atoms with Crippen LogP contribution in [0.3, 0.4) is 0 Å². The molecule has 0 atom stereocenters. The van der Waals surface area contributed by atoms with Crippen LogP contribution < -0.4 is 4.74 Å². The topological polar surface area (TPSA) is 70.3 Å². The summed E-state index contributed by atoms with van der Waals surface area (Å²) in [7, 11) is 1.41. The Bertz CT molecular complexity index is 579. The van der Waals surface area contributed by atoms with Crippen LogP contribution in [-0.4, -0.2) is 23.1 Å². The quantitative estimate of drug-likeness (QED) is 0.677. The molecule has 19 heavy (non-hydrogen) atoms. The van der Waals surface area contributed by atoms with Gasteiger partial charge in [0.25, 0.3) is 0 Å². The summed E-state index contributed by atoms with van der Waals surface area (Å²) in [5, 5.41) is 18.8. The van der Waals surface area contributed by atoms with Gasteiger partial charge in [-0.3, -0.25) is 4.79 Å². The molecule has 1 aromatic carbocycles. The molecule has 4 nitrogen and oxygen atoms in total. The Morgan fingerprint density at radius 3 is 2.84 bits per heavy atom. The van der Waals surface area contributed by atoms with Crippen LogP contribution in [-0.2, 0) is 4.79 Å². The van der Waals surface area contributed by atoms with Gasteiger partial charge < -0.3 is 9.84 Å². The molecule has 0 aliphatic rings. The Kier molecular flexibility index (Phi) is 5.78. The minimum absolute atomic E-state index is 0.0535. The van der Waals surface area contributed by atoms with Crippen molar-refractivity contribution in [3.63, 3.8) is 0 Å². The lowest BCUT2D eigenvalue weighted by Crippen LogP contribution is -1.89. The minimum atomic E-state index is -0.0757. The molecule has 0 bridgehead atoms. The van der Waals surface area contributed by atoms with Crippen molar-refractivity contribution >= 4 is 16.9 Å². The standard InChI is InChI=1S/C14H13NO3S/c1-10(16)19-6-4-3-5-12-7-11(9-15)8-13(18-2)14(12)17/h7-8,17H,4,6H2,1-2H3. The van der Waals surface area contributed by atoms with Gasteiger partial charge in [-0.15, -0.1) is 0 Å². The lowest BCUT2D eigenvalue weighted by atomic mass is 10.1. The van der Waals surface area contributed by atoms with Crippen LogP contribution in [0, 0.1) is 23.2 Å². The van der Waals surface area contributed by atoms with Gasteiger partial charge in [0.2, 0.25) is 0 Å². The molecule has 0 saturated heterocycles. The molecule has 0 aromatic heterocycles. The molecule has 1 N–H and O–H groups in total. The third-order valence-electron chi connectivity index (χ3n) is 2.18. The number of thioether (sulfide) groups is 1. The second-order valence-corrected chi connectivity index (χ2v) is 4.85. The van der Waals surface area contributed by atoms with E-state index < -0.39 is 0 Å². The van der Waals surface area contributed by atoms with Gasteiger partial charge in [-0.1, -0.05) is 23.6 Å². The highest BCUT2D eigenvalue weighted by Crippen LogP contribution is 2.30. The Hall–Kier alpha value is -2.11. The summed E-state index contributed by atoms with van der Waals surface area (Å²) < 4.78 is 4.97. The van der Waals surface area contributed by atoms with E-state index in [0.29, 0.717) is 23.3 Å². The van der Waals surface area contributed by atoms with E-state index in [9.17, 15) is 9.90 Å². The fraction of sp³-hybridized carbons (Fsp3) is 0.286. The number of hydrogen-bond acceptors (Lipinski definition) is 5. The van der Waals surface area contributed by atoms with Crippen LogP contribution in [0.2, 0.25) is 0 Å². The molecule has 0 saturated carbocycles. The normalized spacial score (nSPS) is 9.11. The van der Waals surface area contributed by atoms with Gasteiger partial charge in [0.1, 0.15) is 0 Å². The second-order valence-electron chi connectivity index (χ2n) is 3.58. The van der Waals surface area contributed by atoms with Gasteiger partial charge in [0.15, 0.2) is 16.6 Å². The van der Waals surface area contributed by atoms with Crippen LogP contribution in [0.4, 0.5) is 0 Å². The van der Waals surface area contributed by atoms with Gasteiger partial charge in [0, 0.05) is 25.2 Å². The number of nitrogens with zero attached hydrogens (tertiary/aromatic N) is 1. The zero-order chi connectivity index (χ0) is 14.3. The summed E-state index contributed by atoms with van der Waals surface area (Å²) in [6, 6.07) is 4.93. The lowest BCUT2D eigenvalue weighted by molar-refractivity contribution is -0.109. The Balaban J connectivity index is 2.86. The van der Waals surface area contributed by atoms with Crippen molar-refractivity contribution in [2.75, 3.05) is 12.9 Å². The molecule has 0 heterocycles. The van der Waals surface area contributed by atoms with Crippen molar-refractivity contribution in [3.05, 3.63) is 23.3 Å². The maximum atomic E-state index is 10.7. The van der Waals surface area contributed by atoms with E-state index in [1.807, 2.05) is 6.07 Å². The molecule has 5 heteroatoms. The van der Waals surface area contributed by atoms with Crippen LogP contribution in [0.1, 0.15) is 24.5 Å². The summed E-state index contributed by atoms with van der Waals surface area (Å²) >= 11 is 1.20. The van der Waals surface area contributed by atoms with Gasteiger partial charge in [-0.2, -0.15) is 5.26 Å². The molecule has 1 aromatic rings. The number of ether oxygens (including phenoxy) is 1. The molecule has 0 radical (unpaired) electrons. The number of phenols is 1. The molecule has 1 rings (SSSR count). The number of methoxy groups -OCH3 is 1. The predicted molar refractivity (Wildman–Crippen MR) is 74.0 cm³/mol. The maximum absolute atomic E-state index is 10.7. The lowest BCUT2D eigenvalue weighted by Gasteiger charge is -2.05. The van der Waals surface area contributed by atoms with Crippen molar-refractivity contribution in [2.24, 2.45) is 0 Å². The number of rotatable bonds is 3. The van der Waals surface area contributed by atoms with E-state index in [-0.39, 0.29) is 16.6 Å². The highest BCUT2D eigenvalue weighted by molar-refractivity contribution is 8.13. The fourth-order valence-corrected chi connectivity index (χ4v) is 1.82. The molecule has 0 spiro atoms. The molecule has 0 unspecified atom stereocenters. The van der Waals surface area contributed by atoms with Gasteiger partial charge in [0.05, 0.1) is 24.3 Å². The summed E-state index contributed by atoms with van der Waals surface area (Å²) in [6.07, 6.45) is 0.531. The van der Waals surface area contributed by atoms with Crippen molar-refractivity contribution in [3.8, 4) is 29.4 Å². The van der Waals surface area contributed by atoms with E-state index in [1.54, 1.807) is 0 Å². The molecular weight excluding hydrogens is 262 g/mol. The van der Waals surface area contributed by atoms with Crippen molar-refractivity contribution in [1.82, 2.24) is 0 Å². The third kappa shape index (κ3) is 4.57. The predicted octanol–water partition coefficient (Wildman–Crippen LogP) is 2.29. The number of carbonyl (C=O) groups is 1. The highest BCUT2D eigenvalue weighted by atomic mass is 32.2. The van der Waals surface area contributed by atoms with Gasteiger partial charge in [-0.25, -0.2) is 0 Å². The Labute approximate surface area is 116 Å². The van der Waals surface area contributed by atoms with E-state index in [1.165, 1.54) is 37.9 Å². The summed E-state index contributed by atoms with van der Waals surface area (Å²) in [4.78, 5) is 10.7. The number of aromatic hydroxyl groups is 1. The minimum Gasteiger partial charge on any atom is -0.503 e. The summed E-state index contributed by atoms with van der Waals surface area (Å²) in [5.41, 5.74) is 0.723. The molecule has 98 valence electrons. The van der Waals surface area contributed by atoms with Crippen molar-refractivity contribution in [1.29, 1.82) is 5.26 Å². The smallest absolute Gasteiger partial charge is 0.185 e. The summed E-state index contributed by atoms with van der Waals surface area (Å²) in [5.74, 6) is 6.39. The van der Waals surface area contributed by atoms with Crippen LogP contribution >= 0.6 is 11.8 Å². The first kappa shape index (κ1) is 14.9. The second kappa shape index (κ2) is 7.35. The van der Waals surface area contributed by atoms with Crippen LogP contribution in [0.15, 0.2) is 12.1 Å². The third-order valence-corrected chi connectivity index (χ3v) is 2.99. The number of carbonyl (C=O) groups excluding carboxylic acids is 1.